The predicted molar refractivity (Wildman–Crippen MR) is 53.5 cm³/mol. The van der Waals surface area contributed by atoms with Gasteiger partial charge < -0.3 is 30.0 Å². The third-order valence-corrected chi connectivity index (χ3v) is 6.01. The molecule has 9 nitrogen and oxygen atoms in total. The van der Waals surface area contributed by atoms with E-state index in [0.29, 0.717) is 4.90 Å². The Morgan fingerprint density at radius 3 is 1.69 bits per heavy atom. The lowest BCUT2D eigenvalue weighted by Gasteiger charge is -2.41. The van der Waals surface area contributed by atoms with E-state index in [9.17, 15) is 14.2 Å². The molecule has 0 unspecified atom stereocenters. The van der Waals surface area contributed by atoms with E-state index in [0.717, 1.165) is 0 Å². The Hall–Kier alpha value is 0.180. The van der Waals surface area contributed by atoms with Crippen LogP contribution in [0.25, 0.3) is 0 Å². The van der Waals surface area contributed by atoms with E-state index in [4.69, 9.17) is 19.6 Å². The third-order valence-electron chi connectivity index (χ3n) is 2.32. The van der Waals surface area contributed by atoms with E-state index in [-0.39, 0.29) is 26.2 Å². The molecule has 1 saturated heterocycles. The minimum absolute atomic E-state index is 0.0628. The average Bonchev–Trinajstić information content (AvgIpc) is 2.14. The highest BCUT2D eigenvalue weighted by atomic mass is 31.2. The number of piperazine rings is 1. The molecule has 0 aromatic carbocycles. The molecule has 1 heterocycles. The van der Waals surface area contributed by atoms with Gasteiger partial charge in [0.2, 0.25) is 0 Å². The van der Waals surface area contributed by atoms with Crippen molar-refractivity contribution >= 4 is 15.2 Å². The quantitative estimate of drug-likeness (QED) is 0.317. The number of hydrogen-bond donors (Lipinski definition) is 6. The van der Waals surface area contributed by atoms with E-state index < -0.39 is 20.4 Å². The maximum absolute atomic E-state index is 11.1. The molecule has 0 aromatic rings. The van der Waals surface area contributed by atoms with Crippen molar-refractivity contribution in [1.82, 2.24) is 10.2 Å². The van der Waals surface area contributed by atoms with Gasteiger partial charge in [-0.05, 0) is 0 Å². The molecule has 1 rings (SSSR count). The summed E-state index contributed by atoms with van der Waals surface area (Å²) in [6, 6.07) is 0. The molecule has 0 radical (unpaired) electrons. The van der Waals surface area contributed by atoms with Crippen molar-refractivity contribution in [2.45, 2.75) is 5.21 Å². The smallest absolute Gasteiger partial charge is 0.356 e. The third kappa shape index (κ3) is 2.38. The highest BCUT2D eigenvalue weighted by molar-refractivity contribution is 7.71. The maximum Gasteiger partial charge on any atom is 0.385 e. The minimum atomic E-state index is -5.39. The molecular formula is C5H14N2O7P2. The van der Waals surface area contributed by atoms with Crippen molar-refractivity contribution in [2.75, 3.05) is 26.2 Å². The van der Waals surface area contributed by atoms with Crippen molar-refractivity contribution in [3.05, 3.63) is 0 Å². The fourth-order valence-corrected chi connectivity index (χ4v) is 4.00. The van der Waals surface area contributed by atoms with Gasteiger partial charge in [-0.1, -0.05) is 0 Å². The van der Waals surface area contributed by atoms with Crippen LogP contribution in [0.4, 0.5) is 0 Å². The van der Waals surface area contributed by atoms with Gasteiger partial charge in [-0.2, -0.15) is 0 Å². The van der Waals surface area contributed by atoms with Gasteiger partial charge in [0.05, 0.1) is 0 Å². The summed E-state index contributed by atoms with van der Waals surface area (Å²) in [5.74, 6) is 0. The Kier molecular flexibility index (Phi) is 3.96. The topological polar surface area (TPSA) is 151 Å². The van der Waals surface area contributed by atoms with Crippen molar-refractivity contribution in [3.63, 3.8) is 0 Å². The molecule has 0 amide bonds. The number of hydrogen-bond acceptors (Lipinski definition) is 5. The zero-order valence-electron chi connectivity index (χ0n) is 8.22. The molecule has 0 aromatic heterocycles. The van der Waals surface area contributed by atoms with Crippen LogP contribution in [0, 0.1) is 0 Å². The second-order valence-electron chi connectivity index (χ2n) is 3.43. The van der Waals surface area contributed by atoms with Crippen molar-refractivity contribution in [2.24, 2.45) is 0 Å². The summed E-state index contributed by atoms with van der Waals surface area (Å²) >= 11 is 0. The van der Waals surface area contributed by atoms with E-state index in [1.165, 1.54) is 0 Å². The second-order valence-corrected chi connectivity index (χ2v) is 7.20. The molecule has 1 aliphatic rings. The van der Waals surface area contributed by atoms with Crippen LogP contribution in [0.3, 0.4) is 0 Å². The summed E-state index contributed by atoms with van der Waals surface area (Å²) < 4.78 is 22.2. The molecule has 0 spiro atoms. The molecule has 0 atom stereocenters. The van der Waals surface area contributed by atoms with Crippen LogP contribution in [-0.2, 0) is 9.13 Å². The molecule has 6 N–H and O–H groups in total. The van der Waals surface area contributed by atoms with Gasteiger partial charge in [0.25, 0.3) is 0 Å². The molecule has 11 heteroatoms. The van der Waals surface area contributed by atoms with E-state index in [1.807, 2.05) is 0 Å². The highest BCUT2D eigenvalue weighted by Crippen LogP contribution is 2.68. The molecule has 1 aliphatic heterocycles. The number of aliphatic hydroxyl groups is 1. The van der Waals surface area contributed by atoms with Crippen molar-refractivity contribution in [3.8, 4) is 0 Å². The standard InChI is InChI=1S/C5H14N2O7P2/c8-5(15(9,10)11,16(12,13)14)7-3-1-6-2-4-7/h6,8H,1-4H2,(H2,9,10,11)(H2,12,13,14). The summed E-state index contributed by atoms with van der Waals surface area (Å²) in [7, 11) is -10.8. The monoisotopic (exact) mass is 276 g/mol. The minimum Gasteiger partial charge on any atom is -0.356 e. The average molecular weight is 276 g/mol. The molecule has 96 valence electrons. The first kappa shape index (κ1) is 14.2. The van der Waals surface area contributed by atoms with Crippen LogP contribution in [0.5, 0.6) is 0 Å². The lowest BCUT2D eigenvalue weighted by Crippen LogP contribution is -2.55. The molecule has 16 heavy (non-hydrogen) atoms. The zero-order valence-corrected chi connectivity index (χ0v) is 10.0. The normalized spacial score (nSPS) is 21.1. The summed E-state index contributed by atoms with van der Waals surface area (Å²) in [5, 5.41) is 9.08. The largest absolute Gasteiger partial charge is 0.385 e. The summed E-state index contributed by atoms with van der Waals surface area (Å²) in [6.45, 7) is 0.435. The zero-order chi connectivity index (χ0) is 12.6. The Morgan fingerprint density at radius 1 is 1.00 bits per heavy atom. The molecule has 0 bridgehead atoms. The van der Waals surface area contributed by atoms with E-state index >= 15 is 0 Å². The number of rotatable bonds is 3. The fourth-order valence-electron chi connectivity index (χ4n) is 1.50. The van der Waals surface area contributed by atoms with E-state index in [1.54, 1.807) is 0 Å². The lowest BCUT2D eigenvalue weighted by atomic mass is 10.4. The highest BCUT2D eigenvalue weighted by Gasteiger charge is 2.63. The van der Waals surface area contributed by atoms with Gasteiger partial charge in [0.1, 0.15) is 0 Å². The first-order valence-corrected chi connectivity index (χ1v) is 7.62. The second kappa shape index (κ2) is 4.45. The summed E-state index contributed by atoms with van der Waals surface area (Å²) in [4.78, 5) is 36.4. The first-order valence-electron chi connectivity index (χ1n) is 4.40. The number of nitrogens with one attached hydrogen (secondary N) is 1. The Balaban J connectivity index is 3.14. The van der Waals surface area contributed by atoms with Crippen LogP contribution >= 0.6 is 15.2 Å². The van der Waals surface area contributed by atoms with Crippen molar-refractivity contribution < 1.29 is 33.8 Å². The molecule has 0 saturated carbocycles. The first-order chi connectivity index (χ1) is 7.11. The Labute approximate surface area is 91.4 Å². The van der Waals surface area contributed by atoms with Gasteiger partial charge in [-0.25, -0.2) is 0 Å². The maximum atomic E-state index is 11.1. The fraction of sp³-hybridized carbons (Fsp3) is 1.00. The van der Waals surface area contributed by atoms with Gasteiger partial charge in [0, 0.05) is 26.2 Å². The van der Waals surface area contributed by atoms with E-state index in [2.05, 4.69) is 5.32 Å². The SMILES string of the molecule is O=P(O)(O)C(O)(N1CCNCC1)P(=O)(O)O. The van der Waals surface area contributed by atoms with Gasteiger partial charge in [0.15, 0.2) is 0 Å². The van der Waals surface area contributed by atoms with Crippen molar-refractivity contribution in [1.29, 1.82) is 0 Å². The van der Waals surface area contributed by atoms with Crippen LogP contribution in [0.1, 0.15) is 0 Å². The van der Waals surface area contributed by atoms with Crippen LogP contribution in [0.2, 0.25) is 0 Å². The Morgan fingerprint density at radius 2 is 1.38 bits per heavy atom. The van der Waals surface area contributed by atoms with Gasteiger partial charge in [-0.15, -0.1) is 0 Å². The molecular weight excluding hydrogens is 262 g/mol. The lowest BCUT2D eigenvalue weighted by molar-refractivity contribution is -0.0167. The number of nitrogens with zero attached hydrogens (tertiary/aromatic N) is 1. The van der Waals surface area contributed by atoms with Gasteiger partial charge in [-0.3, -0.25) is 14.0 Å². The molecule has 0 aliphatic carbocycles. The Bertz CT molecular complexity index is 321. The summed E-state index contributed by atoms with van der Waals surface area (Å²) in [5.41, 5.74) is 0. The van der Waals surface area contributed by atoms with Crippen LogP contribution in [-0.4, -0.2) is 61.0 Å². The molecule has 1 fully saturated rings. The summed E-state index contributed by atoms with van der Waals surface area (Å²) in [6.07, 6.45) is 0. The predicted octanol–water partition coefficient (Wildman–Crippen LogP) is -2.15. The van der Waals surface area contributed by atoms with Gasteiger partial charge >= 0.3 is 20.4 Å². The van der Waals surface area contributed by atoms with Crippen LogP contribution < -0.4 is 5.32 Å². The van der Waals surface area contributed by atoms with Crippen LogP contribution in [0.15, 0.2) is 0 Å².